The van der Waals surface area contributed by atoms with Crippen LogP contribution in [0.3, 0.4) is 0 Å². The molecule has 0 saturated heterocycles. The first-order valence-corrected chi connectivity index (χ1v) is 10.5. The number of H-pyrrole nitrogens is 1. The molecule has 166 valence electrons. The van der Waals surface area contributed by atoms with Gasteiger partial charge in [-0.3, -0.25) is 19.0 Å². The van der Waals surface area contributed by atoms with Crippen molar-refractivity contribution in [2.75, 3.05) is 5.32 Å². The van der Waals surface area contributed by atoms with Crippen LogP contribution in [-0.4, -0.2) is 21.4 Å². The highest BCUT2D eigenvalue weighted by Gasteiger charge is 2.11. The zero-order valence-electron chi connectivity index (χ0n) is 17.5. The number of anilines is 1. The Balaban J connectivity index is 1.42. The average Bonchev–Trinajstić information content (AvgIpc) is 3.36. The number of furan rings is 1. The van der Waals surface area contributed by atoms with Gasteiger partial charge in [0.25, 0.3) is 17.4 Å². The van der Waals surface area contributed by atoms with Gasteiger partial charge in [0, 0.05) is 24.3 Å². The number of nitrogens with one attached hydrogen (secondary N) is 3. The lowest BCUT2D eigenvalue weighted by atomic mass is 10.1. The minimum atomic E-state index is -0.340. The maximum atomic E-state index is 12.6. The quantitative estimate of drug-likeness (QED) is 0.285. The van der Waals surface area contributed by atoms with Crippen LogP contribution >= 0.6 is 12.2 Å². The molecule has 0 spiro atoms. The van der Waals surface area contributed by atoms with Gasteiger partial charge in [-0.15, -0.1) is 6.58 Å². The van der Waals surface area contributed by atoms with Crippen molar-refractivity contribution < 1.29 is 14.0 Å². The third-order valence-electron chi connectivity index (χ3n) is 4.97. The lowest BCUT2D eigenvalue weighted by molar-refractivity contribution is 0.0950. The second-order valence-electron chi connectivity index (χ2n) is 7.21. The molecule has 2 amide bonds. The number of amides is 2. The van der Waals surface area contributed by atoms with E-state index in [0.717, 1.165) is 5.56 Å². The molecule has 2 aromatic heterocycles. The molecule has 9 heteroatoms. The third-order valence-corrected chi connectivity index (χ3v) is 5.29. The fraction of sp³-hybridized carbons (Fsp3) is 0.0833. The van der Waals surface area contributed by atoms with Crippen LogP contribution in [-0.2, 0) is 13.1 Å². The number of rotatable bonds is 7. The van der Waals surface area contributed by atoms with Gasteiger partial charge in [-0.05, 0) is 60.2 Å². The Labute approximate surface area is 193 Å². The number of fused-ring (bicyclic) bond motifs is 1. The molecule has 0 unspecified atom stereocenters. The van der Waals surface area contributed by atoms with E-state index in [1.807, 2.05) is 0 Å². The number of benzene rings is 2. The molecule has 0 bridgehead atoms. The van der Waals surface area contributed by atoms with Gasteiger partial charge in [0.15, 0.2) is 10.5 Å². The second-order valence-corrected chi connectivity index (χ2v) is 7.59. The molecule has 0 fully saturated rings. The second kappa shape index (κ2) is 9.49. The maximum Gasteiger partial charge on any atom is 0.291 e. The van der Waals surface area contributed by atoms with Gasteiger partial charge in [0.1, 0.15) is 0 Å². The molecule has 0 aliphatic rings. The number of allylic oxidation sites excluding steroid dienone is 1. The molecular formula is C24H20N4O4S. The highest BCUT2D eigenvalue weighted by Crippen LogP contribution is 2.13. The minimum Gasteiger partial charge on any atom is -0.459 e. The summed E-state index contributed by atoms with van der Waals surface area (Å²) in [7, 11) is 0. The Bertz CT molecular complexity index is 1450. The summed E-state index contributed by atoms with van der Waals surface area (Å²) in [4.78, 5) is 40.2. The van der Waals surface area contributed by atoms with Crippen molar-refractivity contribution >= 4 is 40.6 Å². The van der Waals surface area contributed by atoms with Gasteiger partial charge in [0.2, 0.25) is 0 Å². The first kappa shape index (κ1) is 22.0. The van der Waals surface area contributed by atoms with E-state index in [-0.39, 0.29) is 27.9 Å². The Morgan fingerprint density at radius 2 is 1.91 bits per heavy atom. The van der Waals surface area contributed by atoms with Gasteiger partial charge in [-0.2, -0.15) is 0 Å². The lowest BCUT2D eigenvalue weighted by Crippen LogP contribution is -2.24. The van der Waals surface area contributed by atoms with Crippen LogP contribution in [0, 0.1) is 4.77 Å². The molecular weight excluding hydrogens is 440 g/mol. The molecule has 4 aromatic rings. The van der Waals surface area contributed by atoms with Crippen molar-refractivity contribution in [3.8, 4) is 0 Å². The molecule has 33 heavy (non-hydrogen) atoms. The van der Waals surface area contributed by atoms with Crippen molar-refractivity contribution in [3.05, 3.63) is 106 Å². The van der Waals surface area contributed by atoms with Gasteiger partial charge < -0.3 is 20.0 Å². The third kappa shape index (κ3) is 4.83. The smallest absolute Gasteiger partial charge is 0.291 e. The van der Waals surface area contributed by atoms with Crippen LogP contribution in [0.4, 0.5) is 5.69 Å². The zero-order valence-corrected chi connectivity index (χ0v) is 18.3. The molecule has 8 nitrogen and oxygen atoms in total. The zero-order chi connectivity index (χ0) is 23.4. The molecule has 4 rings (SSSR count). The minimum absolute atomic E-state index is 0.224. The predicted molar refractivity (Wildman–Crippen MR) is 128 cm³/mol. The normalized spacial score (nSPS) is 10.7. The molecule has 3 N–H and O–H groups in total. The number of carbonyl (C=O) groups is 2. The molecule has 0 saturated carbocycles. The largest absolute Gasteiger partial charge is 0.459 e. The summed E-state index contributed by atoms with van der Waals surface area (Å²) in [6, 6.07) is 15.1. The monoisotopic (exact) mass is 460 g/mol. The first-order valence-electron chi connectivity index (χ1n) is 10.1. The van der Waals surface area contributed by atoms with E-state index in [9.17, 15) is 14.4 Å². The Morgan fingerprint density at radius 1 is 1.12 bits per heavy atom. The molecule has 0 radical (unpaired) electrons. The van der Waals surface area contributed by atoms with E-state index in [2.05, 4.69) is 22.2 Å². The molecule has 0 aliphatic heterocycles. The lowest BCUT2D eigenvalue weighted by Gasteiger charge is -2.09. The van der Waals surface area contributed by atoms with E-state index >= 15 is 0 Å². The summed E-state index contributed by atoms with van der Waals surface area (Å²) < 4.78 is 6.74. The molecule has 0 atom stereocenters. The van der Waals surface area contributed by atoms with E-state index < -0.39 is 0 Å². The van der Waals surface area contributed by atoms with Crippen LogP contribution in [0.5, 0.6) is 0 Å². The fourth-order valence-electron chi connectivity index (χ4n) is 3.28. The van der Waals surface area contributed by atoms with Gasteiger partial charge in [-0.1, -0.05) is 18.2 Å². The maximum absolute atomic E-state index is 12.6. The summed E-state index contributed by atoms with van der Waals surface area (Å²) in [5.74, 6) is -0.406. The summed E-state index contributed by atoms with van der Waals surface area (Å²) >= 11 is 5.24. The number of carbonyl (C=O) groups excluding carboxylic acids is 2. The van der Waals surface area contributed by atoms with Crippen molar-refractivity contribution in [1.82, 2.24) is 14.9 Å². The van der Waals surface area contributed by atoms with Crippen LogP contribution in [0.2, 0.25) is 0 Å². The van der Waals surface area contributed by atoms with Gasteiger partial charge >= 0.3 is 0 Å². The number of hydrogen-bond acceptors (Lipinski definition) is 5. The van der Waals surface area contributed by atoms with E-state index in [1.54, 1.807) is 60.7 Å². The average molecular weight is 461 g/mol. The summed E-state index contributed by atoms with van der Waals surface area (Å²) in [6.07, 6.45) is 3.03. The molecule has 2 aromatic carbocycles. The molecule has 2 heterocycles. The Morgan fingerprint density at radius 3 is 2.61 bits per heavy atom. The van der Waals surface area contributed by atoms with Crippen molar-refractivity contribution in [1.29, 1.82) is 0 Å². The summed E-state index contributed by atoms with van der Waals surface area (Å²) in [6.45, 7) is 4.23. The van der Waals surface area contributed by atoms with Crippen molar-refractivity contribution in [2.45, 2.75) is 13.1 Å². The van der Waals surface area contributed by atoms with Gasteiger partial charge in [0.05, 0.1) is 17.2 Å². The standard InChI is InChI=1S/C24H20N4O4S/c1-2-11-28-23(31)18-10-7-16(13-19(18)27-24(28)33)21(29)25-14-15-5-8-17(9-6-15)26-22(30)20-4-3-12-32-20/h2-10,12-13H,1,11,14H2,(H,25,29)(H,26,30)(H,27,33). The van der Waals surface area contributed by atoms with Crippen LogP contribution < -0.4 is 16.2 Å². The van der Waals surface area contributed by atoms with E-state index in [1.165, 1.54) is 10.8 Å². The molecule has 0 aliphatic carbocycles. The van der Waals surface area contributed by atoms with E-state index in [0.29, 0.717) is 35.2 Å². The summed E-state index contributed by atoms with van der Waals surface area (Å²) in [5, 5.41) is 6.02. The van der Waals surface area contributed by atoms with Crippen molar-refractivity contribution in [3.63, 3.8) is 0 Å². The van der Waals surface area contributed by atoms with E-state index in [4.69, 9.17) is 16.6 Å². The van der Waals surface area contributed by atoms with Gasteiger partial charge in [-0.25, -0.2) is 0 Å². The Hall–Kier alpha value is -4.24. The van der Waals surface area contributed by atoms with Crippen LogP contribution in [0.15, 0.2) is 82.7 Å². The number of aromatic amines is 1. The Kier molecular flexibility index (Phi) is 6.32. The highest BCUT2D eigenvalue weighted by molar-refractivity contribution is 7.71. The summed E-state index contributed by atoms with van der Waals surface area (Å²) in [5.41, 5.74) is 2.12. The number of hydrogen-bond donors (Lipinski definition) is 3. The van der Waals surface area contributed by atoms with Crippen LogP contribution in [0.1, 0.15) is 26.5 Å². The highest BCUT2D eigenvalue weighted by atomic mass is 32.1. The first-order chi connectivity index (χ1) is 16.0. The van der Waals surface area contributed by atoms with Crippen molar-refractivity contribution in [2.24, 2.45) is 0 Å². The number of nitrogens with zero attached hydrogens (tertiary/aromatic N) is 1. The topological polar surface area (TPSA) is 109 Å². The predicted octanol–water partition coefficient (Wildman–Crippen LogP) is 4.02. The van der Waals surface area contributed by atoms with Crippen LogP contribution in [0.25, 0.3) is 10.9 Å². The number of aromatic nitrogens is 2. The fourth-order valence-corrected chi connectivity index (χ4v) is 3.55. The SMILES string of the molecule is C=CCn1c(=S)[nH]c2cc(C(=O)NCc3ccc(NC(=O)c4ccco4)cc3)ccc2c1=O.